The van der Waals surface area contributed by atoms with Crippen LogP contribution in [0.15, 0.2) is 48.5 Å². The third kappa shape index (κ3) is 3.64. The molecule has 1 atom stereocenters. The first-order valence-electron chi connectivity index (χ1n) is 6.27. The molecule has 6 heteroatoms. The Bertz CT molecular complexity index is 754. The monoisotopic (exact) mass is 332 g/mol. The Kier molecular flexibility index (Phi) is 5.16. The molecule has 4 nitrogen and oxygen atoms in total. The number of carbonyl (C=O) groups is 2. The minimum Gasteiger partial charge on any atom is -0.319 e. The standard InChI is InChI=1S/C16H10Cl2N2O2/c17-13-7-6-11(8-14(13)18)20-16(22)15(21)12(9-19)10-4-2-1-3-5-10/h1-8,12H,(H,20,22)/t12-/m0/s1. The van der Waals surface area contributed by atoms with Crippen LogP contribution in [-0.4, -0.2) is 11.7 Å². The number of amides is 1. The molecule has 0 heterocycles. The van der Waals surface area contributed by atoms with Gasteiger partial charge in [-0.1, -0.05) is 53.5 Å². The molecular formula is C16H10Cl2N2O2. The summed E-state index contributed by atoms with van der Waals surface area (Å²) in [5, 5.41) is 12.2. The summed E-state index contributed by atoms with van der Waals surface area (Å²) in [6.45, 7) is 0. The molecule has 0 fully saturated rings. The fourth-order valence-corrected chi connectivity index (χ4v) is 2.13. The van der Waals surface area contributed by atoms with Crippen LogP contribution in [0.4, 0.5) is 5.69 Å². The molecule has 0 aliphatic rings. The van der Waals surface area contributed by atoms with Gasteiger partial charge in [-0.25, -0.2) is 0 Å². The molecule has 1 amide bonds. The number of Topliss-reactive ketones (excluding diaryl/α,β-unsaturated/α-hetero) is 1. The average Bonchev–Trinajstić information content (AvgIpc) is 2.52. The molecule has 0 saturated heterocycles. The predicted octanol–water partition coefficient (Wildman–Crippen LogP) is 3.81. The first-order valence-corrected chi connectivity index (χ1v) is 7.03. The van der Waals surface area contributed by atoms with E-state index >= 15 is 0 Å². The van der Waals surface area contributed by atoms with Crippen molar-refractivity contribution in [2.45, 2.75) is 5.92 Å². The van der Waals surface area contributed by atoms with Gasteiger partial charge in [-0.2, -0.15) is 5.26 Å². The number of rotatable bonds is 4. The molecule has 110 valence electrons. The first kappa shape index (κ1) is 16.0. The van der Waals surface area contributed by atoms with E-state index < -0.39 is 17.6 Å². The lowest BCUT2D eigenvalue weighted by molar-refractivity contribution is -0.135. The van der Waals surface area contributed by atoms with Crippen molar-refractivity contribution in [2.75, 3.05) is 5.32 Å². The molecule has 0 aliphatic carbocycles. The number of nitrogens with zero attached hydrogens (tertiary/aromatic N) is 1. The highest BCUT2D eigenvalue weighted by atomic mass is 35.5. The van der Waals surface area contributed by atoms with Crippen LogP contribution in [0.1, 0.15) is 11.5 Å². The number of halogens is 2. The van der Waals surface area contributed by atoms with Gasteiger partial charge in [0, 0.05) is 5.69 Å². The van der Waals surface area contributed by atoms with Crippen molar-refractivity contribution < 1.29 is 9.59 Å². The first-order chi connectivity index (χ1) is 10.5. The van der Waals surface area contributed by atoms with Gasteiger partial charge in [-0.15, -0.1) is 0 Å². The maximum Gasteiger partial charge on any atom is 0.293 e. The highest BCUT2D eigenvalue weighted by Gasteiger charge is 2.26. The predicted molar refractivity (Wildman–Crippen MR) is 84.9 cm³/mol. The van der Waals surface area contributed by atoms with Gasteiger partial charge in [-0.05, 0) is 23.8 Å². The summed E-state index contributed by atoms with van der Waals surface area (Å²) in [5.41, 5.74) is 0.803. The van der Waals surface area contributed by atoms with E-state index in [1.54, 1.807) is 30.3 Å². The van der Waals surface area contributed by atoms with Gasteiger partial charge in [0.2, 0.25) is 5.78 Å². The Morgan fingerprint density at radius 1 is 1.05 bits per heavy atom. The highest BCUT2D eigenvalue weighted by molar-refractivity contribution is 6.44. The molecule has 2 aromatic carbocycles. The van der Waals surface area contributed by atoms with Gasteiger partial charge in [0.25, 0.3) is 5.91 Å². The van der Waals surface area contributed by atoms with Crippen LogP contribution >= 0.6 is 23.2 Å². The average molecular weight is 333 g/mol. The Morgan fingerprint density at radius 3 is 2.32 bits per heavy atom. The summed E-state index contributed by atoms with van der Waals surface area (Å²) in [6.07, 6.45) is 0. The number of nitrogens with one attached hydrogen (secondary N) is 1. The van der Waals surface area contributed by atoms with Crippen molar-refractivity contribution in [3.05, 3.63) is 64.1 Å². The van der Waals surface area contributed by atoms with E-state index in [0.717, 1.165) is 0 Å². The van der Waals surface area contributed by atoms with Gasteiger partial charge in [-0.3, -0.25) is 9.59 Å². The van der Waals surface area contributed by atoms with Crippen molar-refractivity contribution in [3.63, 3.8) is 0 Å². The summed E-state index contributed by atoms with van der Waals surface area (Å²) in [6, 6.07) is 14.7. The largest absolute Gasteiger partial charge is 0.319 e. The summed E-state index contributed by atoms with van der Waals surface area (Å²) in [5.74, 6) is -2.86. The molecule has 0 radical (unpaired) electrons. The topological polar surface area (TPSA) is 70.0 Å². The zero-order valence-electron chi connectivity index (χ0n) is 11.2. The number of hydrogen-bond donors (Lipinski definition) is 1. The third-order valence-electron chi connectivity index (χ3n) is 2.93. The van der Waals surface area contributed by atoms with E-state index in [1.165, 1.54) is 18.2 Å². The normalized spacial score (nSPS) is 11.3. The molecule has 0 aromatic heterocycles. The van der Waals surface area contributed by atoms with E-state index in [2.05, 4.69) is 5.32 Å². The quantitative estimate of drug-likeness (QED) is 0.865. The van der Waals surface area contributed by atoms with Crippen LogP contribution in [0, 0.1) is 11.3 Å². The van der Waals surface area contributed by atoms with Crippen LogP contribution < -0.4 is 5.32 Å². The maximum absolute atomic E-state index is 12.1. The van der Waals surface area contributed by atoms with Gasteiger partial charge < -0.3 is 5.32 Å². The second kappa shape index (κ2) is 7.08. The lowest BCUT2D eigenvalue weighted by Crippen LogP contribution is -2.27. The maximum atomic E-state index is 12.1. The SMILES string of the molecule is N#C[C@H](C(=O)C(=O)Nc1ccc(Cl)c(Cl)c1)c1ccccc1. The number of nitriles is 1. The molecule has 2 rings (SSSR count). The number of ketones is 1. The Hall–Kier alpha value is -2.35. The van der Waals surface area contributed by atoms with Crippen molar-refractivity contribution in [2.24, 2.45) is 0 Å². The molecule has 2 aromatic rings. The summed E-state index contributed by atoms with van der Waals surface area (Å²) in [7, 11) is 0. The lowest BCUT2D eigenvalue weighted by atomic mass is 9.96. The van der Waals surface area contributed by atoms with Gasteiger partial charge in [0.05, 0.1) is 16.1 Å². The van der Waals surface area contributed by atoms with Gasteiger partial charge in [0.15, 0.2) is 0 Å². The van der Waals surface area contributed by atoms with Crippen LogP contribution in [0.25, 0.3) is 0 Å². The molecular weight excluding hydrogens is 323 g/mol. The third-order valence-corrected chi connectivity index (χ3v) is 3.66. The van der Waals surface area contributed by atoms with Crippen LogP contribution in [0.2, 0.25) is 10.0 Å². The molecule has 0 saturated carbocycles. The molecule has 0 spiro atoms. The molecule has 22 heavy (non-hydrogen) atoms. The number of carbonyl (C=O) groups excluding carboxylic acids is 2. The van der Waals surface area contributed by atoms with E-state index in [9.17, 15) is 9.59 Å². The smallest absolute Gasteiger partial charge is 0.293 e. The van der Waals surface area contributed by atoms with E-state index in [1.807, 2.05) is 6.07 Å². The van der Waals surface area contributed by atoms with Crippen LogP contribution in [-0.2, 0) is 9.59 Å². The lowest BCUT2D eigenvalue weighted by Gasteiger charge is -2.09. The Balaban J connectivity index is 2.16. The highest BCUT2D eigenvalue weighted by Crippen LogP contribution is 2.25. The van der Waals surface area contributed by atoms with Gasteiger partial charge >= 0.3 is 0 Å². The van der Waals surface area contributed by atoms with Crippen LogP contribution in [0.3, 0.4) is 0 Å². The van der Waals surface area contributed by atoms with Crippen molar-refractivity contribution in [3.8, 4) is 6.07 Å². The Morgan fingerprint density at radius 2 is 1.73 bits per heavy atom. The van der Waals surface area contributed by atoms with E-state index in [4.69, 9.17) is 28.5 Å². The van der Waals surface area contributed by atoms with Crippen molar-refractivity contribution in [1.29, 1.82) is 5.26 Å². The zero-order valence-corrected chi connectivity index (χ0v) is 12.7. The van der Waals surface area contributed by atoms with Crippen molar-refractivity contribution in [1.82, 2.24) is 0 Å². The van der Waals surface area contributed by atoms with E-state index in [-0.39, 0.29) is 5.02 Å². The zero-order chi connectivity index (χ0) is 16.1. The second-order valence-corrected chi connectivity index (χ2v) is 5.23. The minimum absolute atomic E-state index is 0.256. The fourth-order valence-electron chi connectivity index (χ4n) is 1.83. The van der Waals surface area contributed by atoms with Gasteiger partial charge in [0.1, 0.15) is 5.92 Å². The van der Waals surface area contributed by atoms with Crippen molar-refractivity contribution >= 4 is 40.6 Å². The number of benzene rings is 2. The molecule has 0 bridgehead atoms. The fraction of sp³-hybridized carbons (Fsp3) is 0.0625. The molecule has 0 unspecified atom stereocenters. The summed E-state index contributed by atoms with van der Waals surface area (Å²) < 4.78 is 0. The molecule has 0 aliphatic heterocycles. The minimum atomic E-state index is -1.15. The Labute approximate surface area is 137 Å². The second-order valence-electron chi connectivity index (χ2n) is 4.42. The summed E-state index contributed by atoms with van der Waals surface area (Å²) >= 11 is 11.6. The summed E-state index contributed by atoms with van der Waals surface area (Å²) in [4.78, 5) is 24.1. The van der Waals surface area contributed by atoms with Crippen LogP contribution in [0.5, 0.6) is 0 Å². The number of hydrogen-bond acceptors (Lipinski definition) is 3. The number of anilines is 1. The van der Waals surface area contributed by atoms with E-state index in [0.29, 0.717) is 16.3 Å². The molecule has 1 N–H and O–H groups in total.